The van der Waals surface area contributed by atoms with E-state index in [1.807, 2.05) is 26.0 Å². The number of nitrogens with one attached hydrogen (secondary N) is 1. The van der Waals surface area contributed by atoms with Gasteiger partial charge in [-0.3, -0.25) is 9.78 Å². The molecule has 0 aromatic carbocycles. The second kappa shape index (κ2) is 4.26. The molecule has 16 heavy (non-hydrogen) atoms. The van der Waals surface area contributed by atoms with Gasteiger partial charge in [0.25, 0.3) is 5.56 Å². The van der Waals surface area contributed by atoms with Crippen LogP contribution in [0.4, 0.5) is 0 Å². The minimum absolute atomic E-state index is 0.135. The number of aromatic amines is 1. The van der Waals surface area contributed by atoms with Gasteiger partial charge in [0, 0.05) is 18.0 Å². The molecular formula is C12H13N3O. The van der Waals surface area contributed by atoms with Gasteiger partial charge in [0.15, 0.2) is 5.82 Å². The van der Waals surface area contributed by atoms with E-state index in [1.165, 1.54) is 6.07 Å². The van der Waals surface area contributed by atoms with Crippen LogP contribution in [-0.2, 0) is 6.42 Å². The summed E-state index contributed by atoms with van der Waals surface area (Å²) in [6.07, 6.45) is 2.50. The lowest BCUT2D eigenvalue weighted by molar-refractivity contribution is 0.979. The van der Waals surface area contributed by atoms with Gasteiger partial charge in [0.1, 0.15) is 5.69 Å². The fourth-order valence-electron chi connectivity index (χ4n) is 1.42. The van der Waals surface area contributed by atoms with Crippen molar-refractivity contribution >= 4 is 0 Å². The van der Waals surface area contributed by atoms with Crippen molar-refractivity contribution in [1.29, 1.82) is 0 Å². The van der Waals surface area contributed by atoms with E-state index in [-0.39, 0.29) is 5.56 Å². The molecule has 82 valence electrons. The number of H-pyrrole nitrogens is 1. The Morgan fingerprint density at radius 3 is 2.81 bits per heavy atom. The molecule has 0 saturated carbocycles. The lowest BCUT2D eigenvalue weighted by Crippen LogP contribution is -2.10. The van der Waals surface area contributed by atoms with E-state index in [0.717, 1.165) is 17.7 Å². The highest BCUT2D eigenvalue weighted by atomic mass is 16.1. The first kappa shape index (κ1) is 10.5. The predicted molar refractivity (Wildman–Crippen MR) is 62.2 cm³/mol. The first-order valence-corrected chi connectivity index (χ1v) is 5.22. The lowest BCUT2D eigenvalue weighted by Gasteiger charge is -2.02. The molecule has 1 N–H and O–H groups in total. The molecule has 0 spiro atoms. The number of aryl methyl sites for hydroxylation is 2. The topological polar surface area (TPSA) is 58.6 Å². The van der Waals surface area contributed by atoms with Crippen LogP contribution in [0, 0.1) is 6.92 Å². The van der Waals surface area contributed by atoms with Crippen LogP contribution in [0.15, 0.2) is 29.2 Å². The van der Waals surface area contributed by atoms with E-state index in [2.05, 4.69) is 15.0 Å². The van der Waals surface area contributed by atoms with Gasteiger partial charge < -0.3 is 4.98 Å². The maximum Gasteiger partial charge on any atom is 0.251 e. The summed E-state index contributed by atoms with van der Waals surface area (Å²) in [6, 6.07) is 5.31. The van der Waals surface area contributed by atoms with Gasteiger partial charge in [-0.2, -0.15) is 0 Å². The summed E-state index contributed by atoms with van der Waals surface area (Å²) in [5, 5.41) is 0. The SMILES string of the molecule is CCc1cc(=O)[nH]c(-c2ccc(C)cn2)n1. The molecule has 2 aromatic heterocycles. The van der Waals surface area contributed by atoms with E-state index in [1.54, 1.807) is 6.20 Å². The first-order valence-electron chi connectivity index (χ1n) is 5.22. The monoisotopic (exact) mass is 215 g/mol. The minimum Gasteiger partial charge on any atom is -0.305 e. The standard InChI is InChI=1S/C12H13N3O/c1-3-9-6-11(16)15-12(14-9)10-5-4-8(2)7-13-10/h4-7H,3H2,1-2H3,(H,14,15,16). The van der Waals surface area contributed by atoms with E-state index in [4.69, 9.17) is 0 Å². The van der Waals surface area contributed by atoms with E-state index >= 15 is 0 Å². The average Bonchev–Trinajstić information content (AvgIpc) is 2.29. The number of hydrogen-bond donors (Lipinski definition) is 1. The number of nitrogens with zero attached hydrogens (tertiary/aromatic N) is 2. The van der Waals surface area contributed by atoms with Crippen LogP contribution in [-0.4, -0.2) is 15.0 Å². The summed E-state index contributed by atoms with van der Waals surface area (Å²) in [6.45, 7) is 3.93. The molecule has 0 saturated heterocycles. The Hall–Kier alpha value is -1.97. The summed E-state index contributed by atoms with van der Waals surface area (Å²) in [5.74, 6) is 0.532. The zero-order valence-corrected chi connectivity index (χ0v) is 9.32. The highest BCUT2D eigenvalue weighted by Crippen LogP contribution is 2.10. The molecule has 0 aliphatic rings. The third kappa shape index (κ3) is 2.16. The summed E-state index contributed by atoms with van der Waals surface area (Å²) in [4.78, 5) is 22.6. The van der Waals surface area contributed by atoms with Crippen molar-refractivity contribution in [3.05, 3.63) is 46.0 Å². The summed E-state index contributed by atoms with van der Waals surface area (Å²) in [7, 11) is 0. The highest BCUT2D eigenvalue weighted by Gasteiger charge is 2.03. The summed E-state index contributed by atoms with van der Waals surface area (Å²) < 4.78 is 0. The Balaban J connectivity index is 2.51. The average molecular weight is 215 g/mol. The van der Waals surface area contributed by atoms with Gasteiger partial charge in [0.05, 0.1) is 0 Å². The van der Waals surface area contributed by atoms with Gasteiger partial charge in [0.2, 0.25) is 0 Å². The molecule has 2 rings (SSSR count). The van der Waals surface area contributed by atoms with Crippen molar-refractivity contribution in [3.63, 3.8) is 0 Å². The van der Waals surface area contributed by atoms with Crippen LogP contribution in [0.25, 0.3) is 11.5 Å². The normalized spacial score (nSPS) is 10.4. The summed E-state index contributed by atoms with van der Waals surface area (Å²) in [5.41, 5.74) is 2.42. The predicted octanol–water partition coefficient (Wildman–Crippen LogP) is 1.70. The fourth-order valence-corrected chi connectivity index (χ4v) is 1.42. The molecule has 2 heterocycles. The zero-order valence-electron chi connectivity index (χ0n) is 9.32. The van der Waals surface area contributed by atoms with Crippen LogP contribution in [0.3, 0.4) is 0 Å². The smallest absolute Gasteiger partial charge is 0.251 e. The number of aromatic nitrogens is 3. The van der Waals surface area contributed by atoms with Crippen molar-refractivity contribution in [2.24, 2.45) is 0 Å². The zero-order chi connectivity index (χ0) is 11.5. The molecule has 0 unspecified atom stereocenters. The molecular weight excluding hydrogens is 202 g/mol. The Kier molecular flexibility index (Phi) is 2.81. The van der Waals surface area contributed by atoms with E-state index in [0.29, 0.717) is 11.5 Å². The van der Waals surface area contributed by atoms with Crippen LogP contribution in [0.2, 0.25) is 0 Å². The van der Waals surface area contributed by atoms with Gasteiger partial charge in [-0.05, 0) is 25.0 Å². The molecule has 4 nitrogen and oxygen atoms in total. The molecule has 4 heteroatoms. The van der Waals surface area contributed by atoms with Crippen molar-refractivity contribution in [1.82, 2.24) is 15.0 Å². The third-order valence-electron chi connectivity index (χ3n) is 2.31. The van der Waals surface area contributed by atoms with Crippen LogP contribution >= 0.6 is 0 Å². The Morgan fingerprint density at radius 2 is 2.19 bits per heavy atom. The number of hydrogen-bond acceptors (Lipinski definition) is 3. The second-order valence-electron chi connectivity index (χ2n) is 3.66. The number of pyridine rings is 1. The molecule has 0 aliphatic carbocycles. The summed E-state index contributed by atoms with van der Waals surface area (Å²) >= 11 is 0. The van der Waals surface area contributed by atoms with Gasteiger partial charge >= 0.3 is 0 Å². The minimum atomic E-state index is -0.135. The molecule has 0 radical (unpaired) electrons. The molecule has 0 fully saturated rings. The first-order chi connectivity index (χ1) is 7.69. The quantitative estimate of drug-likeness (QED) is 0.829. The molecule has 0 atom stereocenters. The van der Waals surface area contributed by atoms with Gasteiger partial charge in [-0.25, -0.2) is 4.98 Å². The van der Waals surface area contributed by atoms with Gasteiger partial charge in [-0.1, -0.05) is 13.0 Å². The van der Waals surface area contributed by atoms with Crippen LogP contribution < -0.4 is 5.56 Å². The maximum absolute atomic E-state index is 11.4. The maximum atomic E-state index is 11.4. The van der Waals surface area contributed by atoms with E-state index in [9.17, 15) is 4.79 Å². The molecule has 0 amide bonds. The third-order valence-corrected chi connectivity index (χ3v) is 2.31. The molecule has 2 aromatic rings. The number of rotatable bonds is 2. The lowest BCUT2D eigenvalue weighted by atomic mass is 10.2. The molecule has 0 bridgehead atoms. The Labute approximate surface area is 93.4 Å². The van der Waals surface area contributed by atoms with Crippen molar-refractivity contribution < 1.29 is 0 Å². The Bertz CT molecular complexity index is 543. The van der Waals surface area contributed by atoms with Crippen LogP contribution in [0.5, 0.6) is 0 Å². The van der Waals surface area contributed by atoms with Crippen molar-refractivity contribution in [3.8, 4) is 11.5 Å². The van der Waals surface area contributed by atoms with Crippen molar-refractivity contribution in [2.75, 3.05) is 0 Å². The fraction of sp³-hybridized carbons (Fsp3) is 0.250. The van der Waals surface area contributed by atoms with E-state index < -0.39 is 0 Å². The Morgan fingerprint density at radius 1 is 1.38 bits per heavy atom. The largest absolute Gasteiger partial charge is 0.305 e. The van der Waals surface area contributed by atoms with Gasteiger partial charge in [-0.15, -0.1) is 0 Å². The second-order valence-corrected chi connectivity index (χ2v) is 3.66. The van der Waals surface area contributed by atoms with Crippen molar-refractivity contribution in [2.45, 2.75) is 20.3 Å². The molecule has 0 aliphatic heterocycles. The van der Waals surface area contributed by atoms with Crippen LogP contribution in [0.1, 0.15) is 18.2 Å². The highest BCUT2D eigenvalue weighted by molar-refractivity contribution is 5.48.